The van der Waals surface area contributed by atoms with E-state index in [1.54, 1.807) is 4.90 Å². The summed E-state index contributed by atoms with van der Waals surface area (Å²) in [6.45, 7) is 1.40. The van der Waals surface area contributed by atoms with Gasteiger partial charge in [-0.25, -0.2) is 4.79 Å². The van der Waals surface area contributed by atoms with E-state index in [-0.39, 0.29) is 30.3 Å². The second kappa shape index (κ2) is 4.77. The number of amides is 1. The first kappa shape index (κ1) is 12.0. The number of carbonyl (C=O) groups is 2. The lowest BCUT2D eigenvalue weighted by Crippen LogP contribution is -2.57. The maximum Gasteiger partial charge on any atom is 0.410 e. The molecule has 0 radical (unpaired) electrons. The fraction of sp³-hybridized carbons (Fsp3) is 0.667. The quantitative estimate of drug-likeness (QED) is 0.513. The third-order valence-corrected chi connectivity index (χ3v) is 3.33. The van der Waals surface area contributed by atoms with Gasteiger partial charge in [0.1, 0.15) is 6.10 Å². The lowest BCUT2D eigenvalue weighted by molar-refractivity contribution is -0.153. The number of ether oxygens (including phenoxy) is 2. The molecule has 1 amide bonds. The van der Waals surface area contributed by atoms with E-state index in [1.807, 2.05) is 12.2 Å². The summed E-state index contributed by atoms with van der Waals surface area (Å²) in [5, 5.41) is 0. The monoisotopic (exact) mass is 239 g/mol. The van der Waals surface area contributed by atoms with Crippen molar-refractivity contribution in [2.75, 3.05) is 7.11 Å². The molecule has 1 saturated heterocycles. The van der Waals surface area contributed by atoms with Crippen LogP contribution >= 0.6 is 0 Å². The Balaban J connectivity index is 2.18. The van der Waals surface area contributed by atoms with Crippen molar-refractivity contribution in [3.63, 3.8) is 0 Å². The summed E-state index contributed by atoms with van der Waals surface area (Å²) >= 11 is 0. The van der Waals surface area contributed by atoms with Gasteiger partial charge < -0.3 is 9.47 Å². The van der Waals surface area contributed by atoms with Crippen LogP contribution in [0.2, 0.25) is 0 Å². The van der Waals surface area contributed by atoms with E-state index >= 15 is 0 Å². The van der Waals surface area contributed by atoms with Gasteiger partial charge in [0.15, 0.2) is 0 Å². The maximum absolute atomic E-state index is 11.7. The van der Waals surface area contributed by atoms with E-state index in [0.29, 0.717) is 6.42 Å². The number of hydrogen-bond donors (Lipinski definition) is 0. The first-order chi connectivity index (χ1) is 8.13. The molecule has 2 rings (SSSR count). The molecule has 17 heavy (non-hydrogen) atoms. The predicted molar refractivity (Wildman–Crippen MR) is 60.4 cm³/mol. The molecule has 0 saturated carbocycles. The molecule has 1 fully saturated rings. The molecule has 2 aliphatic heterocycles. The maximum atomic E-state index is 11.7. The number of nitrogens with zero attached hydrogens (tertiary/aromatic N) is 1. The van der Waals surface area contributed by atoms with E-state index in [2.05, 4.69) is 0 Å². The normalized spacial score (nSPS) is 30.9. The molecular weight excluding hydrogens is 222 g/mol. The second-order valence-corrected chi connectivity index (χ2v) is 4.40. The molecule has 2 bridgehead atoms. The highest BCUT2D eigenvalue weighted by Gasteiger charge is 2.42. The molecule has 3 atom stereocenters. The zero-order valence-corrected chi connectivity index (χ0v) is 10.1. The molecule has 94 valence electrons. The largest absolute Gasteiger partial charge is 0.460 e. The molecular formula is C12H17NO4. The molecule has 5 heteroatoms. The van der Waals surface area contributed by atoms with Crippen molar-refractivity contribution < 1.29 is 19.1 Å². The Morgan fingerprint density at radius 3 is 2.76 bits per heavy atom. The molecule has 0 N–H and O–H groups in total. The minimum absolute atomic E-state index is 0.0769. The number of piperidine rings is 1. The van der Waals surface area contributed by atoms with E-state index in [9.17, 15) is 9.59 Å². The van der Waals surface area contributed by atoms with Gasteiger partial charge in [-0.1, -0.05) is 12.2 Å². The van der Waals surface area contributed by atoms with Gasteiger partial charge in [0, 0.05) is 6.92 Å². The average Bonchev–Trinajstić information content (AvgIpc) is 2.31. The van der Waals surface area contributed by atoms with Gasteiger partial charge in [0.25, 0.3) is 0 Å². The van der Waals surface area contributed by atoms with Crippen LogP contribution in [0.25, 0.3) is 0 Å². The van der Waals surface area contributed by atoms with E-state index in [0.717, 1.165) is 12.8 Å². The zero-order valence-electron chi connectivity index (χ0n) is 10.1. The number of carbonyl (C=O) groups excluding carboxylic acids is 2. The number of fused-ring (bicyclic) bond motifs is 2. The molecule has 2 aliphatic rings. The van der Waals surface area contributed by atoms with Gasteiger partial charge in [-0.05, 0) is 19.3 Å². The van der Waals surface area contributed by atoms with Crippen LogP contribution in [0.5, 0.6) is 0 Å². The summed E-state index contributed by atoms with van der Waals surface area (Å²) in [5.74, 6) is -0.298. The van der Waals surface area contributed by atoms with Crippen LogP contribution in [0.15, 0.2) is 12.2 Å². The lowest BCUT2D eigenvalue weighted by Gasteiger charge is -2.45. The highest BCUT2D eigenvalue weighted by Crippen LogP contribution is 2.32. The van der Waals surface area contributed by atoms with Crippen LogP contribution < -0.4 is 0 Å². The summed E-state index contributed by atoms with van der Waals surface area (Å²) in [4.78, 5) is 24.5. The van der Waals surface area contributed by atoms with Gasteiger partial charge in [-0.15, -0.1) is 0 Å². The number of methoxy groups -OCH3 is 1. The standard InChI is InChI=1S/C12H17NO4/c1-8(14)17-11-7-6-9-4-3-5-10(11)13(9)12(15)16-2/h3-4,9-11H,5-7H2,1-2H3/t9-,10+,11+/m0/s1. The topological polar surface area (TPSA) is 55.8 Å². The Labute approximate surface area is 100 Å². The third kappa shape index (κ3) is 2.28. The lowest BCUT2D eigenvalue weighted by atomic mass is 9.87. The van der Waals surface area contributed by atoms with E-state index in [4.69, 9.17) is 9.47 Å². The summed E-state index contributed by atoms with van der Waals surface area (Å²) in [7, 11) is 1.37. The van der Waals surface area contributed by atoms with E-state index < -0.39 is 0 Å². The molecule has 0 aliphatic carbocycles. The van der Waals surface area contributed by atoms with Gasteiger partial charge in [0.2, 0.25) is 0 Å². The molecule has 0 aromatic rings. The highest BCUT2D eigenvalue weighted by atomic mass is 16.6. The first-order valence-electron chi connectivity index (χ1n) is 5.83. The summed E-state index contributed by atoms with van der Waals surface area (Å²) in [5.41, 5.74) is 0. The van der Waals surface area contributed by atoms with Crippen molar-refractivity contribution in [3.8, 4) is 0 Å². The number of esters is 1. The summed E-state index contributed by atoms with van der Waals surface area (Å²) < 4.78 is 10.1. The summed E-state index contributed by atoms with van der Waals surface area (Å²) in [6, 6.07) is -0.0110. The van der Waals surface area contributed by atoms with Gasteiger partial charge in [-0.3, -0.25) is 9.69 Å². The zero-order chi connectivity index (χ0) is 12.4. The molecule has 0 unspecified atom stereocenters. The van der Waals surface area contributed by atoms with Gasteiger partial charge in [-0.2, -0.15) is 0 Å². The Hall–Kier alpha value is -1.52. The fourth-order valence-electron chi connectivity index (χ4n) is 2.65. The Bertz CT molecular complexity index is 352. The molecule has 0 aromatic carbocycles. The predicted octanol–water partition coefficient (Wildman–Crippen LogP) is 1.48. The minimum Gasteiger partial charge on any atom is -0.460 e. The van der Waals surface area contributed by atoms with Crippen LogP contribution in [-0.2, 0) is 14.3 Å². The van der Waals surface area contributed by atoms with Crippen molar-refractivity contribution in [2.24, 2.45) is 0 Å². The van der Waals surface area contributed by atoms with Crippen LogP contribution in [0, 0.1) is 0 Å². The average molecular weight is 239 g/mol. The van der Waals surface area contributed by atoms with Crippen LogP contribution in [-0.4, -0.2) is 42.3 Å². The Morgan fingerprint density at radius 1 is 1.35 bits per heavy atom. The Morgan fingerprint density at radius 2 is 2.12 bits per heavy atom. The van der Waals surface area contributed by atoms with Gasteiger partial charge in [0.05, 0.1) is 19.2 Å². The van der Waals surface area contributed by atoms with Crippen molar-refractivity contribution in [1.82, 2.24) is 4.90 Å². The number of rotatable bonds is 1. The molecule has 0 spiro atoms. The van der Waals surface area contributed by atoms with Gasteiger partial charge >= 0.3 is 12.1 Å². The second-order valence-electron chi connectivity index (χ2n) is 4.40. The van der Waals surface area contributed by atoms with Crippen molar-refractivity contribution in [1.29, 1.82) is 0 Å². The Kier molecular flexibility index (Phi) is 3.36. The highest BCUT2D eigenvalue weighted by molar-refractivity contribution is 5.70. The van der Waals surface area contributed by atoms with Crippen LogP contribution in [0.4, 0.5) is 4.79 Å². The fourth-order valence-corrected chi connectivity index (χ4v) is 2.65. The third-order valence-electron chi connectivity index (χ3n) is 3.33. The van der Waals surface area contributed by atoms with E-state index in [1.165, 1.54) is 14.0 Å². The van der Waals surface area contributed by atoms with Crippen LogP contribution in [0.1, 0.15) is 26.2 Å². The smallest absolute Gasteiger partial charge is 0.410 e. The van der Waals surface area contributed by atoms with Crippen molar-refractivity contribution in [2.45, 2.75) is 44.4 Å². The number of hydrogen-bond acceptors (Lipinski definition) is 4. The SMILES string of the molecule is COC(=O)N1[C@@H]2CC=C[C@H]1CC[C@H]2OC(C)=O. The van der Waals surface area contributed by atoms with Crippen molar-refractivity contribution in [3.05, 3.63) is 12.2 Å². The van der Waals surface area contributed by atoms with Crippen LogP contribution in [0.3, 0.4) is 0 Å². The molecule has 2 heterocycles. The summed E-state index contributed by atoms with van der Waals surface area (Å²) in [6.07, 6.45) is 5.83. The first-order valence-corrected chi connectivity index (χ1v) is 5.83. The minimum atomic E-state index is -0.346. The molecule has 0 aromatic heterocycles. The van der Waals surface area contributed by atoms with Crippen molar-refractivity contribution >= 4 is 12.1 Å². The molecule has 5 nitrogen and oxygen atoms in total.